The molecule has 1 amide bonds. The van der Waals surface area contributed by atoms with Crippen LogP contribution in [-0.2, 0) is 4.79 Å². The number of methoxy groups -OCH3 is 1. The van der Waals surface area contributed by atoms with Crippen LogP contribution in [-0.4, -0.2) is 72.3 Å². The predicted octanol–water partition coefficient (Wildman–Crippen LogP) is 3.75. The van der Waals surface area contributed by atoms with Crippen LogP contribution in [0.5, 0.6) is 5.75 Å². The standard InChI is InChI=1S/C27H36N6O3/c1-19-5-3-13-32(17-19)14-4-12-28-26(34)21-10-15-33(16-11-21)25-23-24(31-36-27(23)30-18-29-25)20-6-8-22(35-2)9-7-20/h6-9,18-19,21H,3-5,10-17H2,1-2H3,(H,28,34)/t19-/m1/s1. The van der Waals surface area contributed by atoms with Crippen molar-refractivity contribution in [2.75, 3.05) is 51.3 Å². The number of rotatable bonds is 8. The summed E-state index contributed by atoms with van der Waals surface area (Å²) in [6.07, 6.45) is 6.75. The molecular formula is C27H36N6O3. The first-order valence-corrected chi connectivity index (χ1v) is 13.1. The molecule has 3 aromatic rings. The summed E-state index contributed by atoms with van der Waals surface area (Å²) in [6.45, 7) is 8.04. The van der Waals surface area contributed by atoms with Gasteiger partial charge in [0.15, 0.2) is 0 Å². The summed E-state index contributed by atoms with van der Waals surface area (Å²) in [6, 6.07) is 7.71. The van der Waals surface area contributed by atoms with Crippen molar-refractivity contribution < 1.29 is 14.1 Å². The minimum Gasteiger partial charge on any atom is -0.497 e. The van der Waals surface area contributed by atoms with Gasteiger partial charge in [0.05, 0.1) is 7.11 Å². The number of amides is 1. The van der Waals surface area contributed by atoms with Gasteiger partial charge in [-0.1, -0.05) is 12.1 Å². The molecule has 2 saturated heterocycles. The Kier molecular flexibility index (Phi) is 7.65. The normalized spacial score (nSPS) is 19.5. The van der Waals surface area contributed by atoms with Crippen molar-refractivity contribution in [3.05, 3.63) is 30.6 Å². The van der Waals surface area contributed by atoms with Gasteiger partial charge in [-0.2, -0.15) is 4.98 Å². The Labute approximate surface area is 212 Å². The minimum atomic E-state index is 0.0390. The van der Waals surface area contributed by atoms with Gasteiger partial charge in [-0.3, -0.25) is 4.79 Å². The Bertz CT molecular complexity index is 1160. The molecule has 36 heavy (non-hydrogen) atoms. The molecule has 2 fully saturated rings. The van der Waals surface area contributed by atoms with Crippen LogP contribution in [0.4, 0.5) is 5.82 Å². The van der Waals surface area contributed by atoms with E-state index in [0.29, 0.717) is 11.4 Å². The molecule has 2 aliphatic rings. The number of nitrogens with one attached hydrogen (secondary N) is 1. The van der Waals surface area contributed by atoms with Crippen molar-refractivity contribution in [2.45, 2.75) is 39.0 Å². The lowest BCUT2D eigenvalue weighted by atomic mass is 9.95. The third-order valence-electron chi connectivity index (χ3n) is 7.47. The number of carbonyl (C=O) groups is 1. The van der Waals surface area contributed by atoms with E-state index in [2.05, 4.69) is 37.2 Å². The number of ether oxygens (including phenoxy) is 1. The zero-order valence-corrected chi connectivity index (χ0v) is 21.3. The number of hydrogen-bond donors (Lipinski definition) is 1. The van der Waals surface area contributed by atoms with Crippen LogP contribution in [0.1, 0.15) is 39.0 Å². The lowest BCUT2D eigenvalue weighted by molar-refractivity contribution is -0.125. The average Bonchev–Trinajstić information content (AvgIpc) is 3.36. The van der Waals surface area contributed by atoms with Crippen LogP contribution < -0.4 is 15.0 Å². The number of hydrogen-bond acceptors (Lipinski definition) is 8. The second-order valence-corrected chi connectivity index (χ2v) is 10.1. The number of anilines is 1. The van der Waals surface area contributed by atoms with E-state index < -0.39 is 0 Å². The summed E-state index contributed by atoms with van der Waals surface area (Å²) in [5.74, 6) is 2.60. The summed E-state index contributed by atoms with van der Waals surface area (Å²) < 4.78 is 10.8. The smallest absolute Gasteiger partial charge is 0.263 e. The molecular weight excluding hydrogens is 456 g/mol. The Balaban J connectivity index is 1.17. The maximum atomic E-state index is 12.8. The fraction of sp³-hybridized carbons (Fsp3) is 0.556. The molecule has 2 aliphatic heterocycles. The molecule has 192 valence electrons. The minimum absolute atomic E-state index is 0.0390. The van der Waals surface area contributed by atoms with Gasteiger partial charge in [0.1, 0.15) is 29.0 Å². The van der Waals surface area contributed by atoms with E-state index >= 15 is 0 Å². The molecule has 1 N–H and O–H groups in total. The highest BCUT2D eigenvalue weighted by atomic mass is 16.5. The zero-order valence-electron chi connectivity index (χ0n) is 21.3. The predicted molar refractivity (Wildman–Crippen MR) is 139 cm³/mol. The molecule has 5 rings (SSSR count). The molecule has 0 spiro atoms. The van der Waals surface area contributed by atoms with Crippen molar-refractivity contribution in [2.24, 2.45) is 11.8 Å². The van der Waals surface area contributed by atoms with Gasteiger partial charge >= 0.3 is 0 Å². The fourth-order valence-corrected chi connectivity index (χ4v) is 5.46. The fourth-order valence-electron chi connectivity index (χ4n) is 5.46. The second-order valence-electron chi connectivity index (χ2n) is 10.1. The van der Waals surface area contributed by atoms with Gasteiger partial charge in [0, 0.05) is 37.7 Å². The number of fused-ring (bicyclic) bond motifs is 1. The van der Waals surface area contributed by atoms with Gasteiger partial charge in [0.2, 0.25) is 5.91 Å². The quantitative estimate of drug-likeness (QED) is 0.475. The molecule has 0 saturated carbocycles. The first kappa shape index (κ1) is 24.5. The van der Waals surface area contributed by atoms with Gasteiger partial charge in [0.25, 0.3) is 5.71 Å². The van der Waals surface area contributed by atoms with Crippen LogP contribution in [0.25, 0.3) is 22.4 Å². The van der Waals surface area contributed by atoms with E-state index in [1.165, 1.54) is 32.3 Å². The van der Waals surface area contributed by atoms with Crippen LogP contribution in [0.2, 0.25) is 0 Å². The number of nitrogens with zero attached hydrogens (tertiary/aromatic N) is 5. The Morgan fingerprint density at radius 2 is 1.94 bits per heavy atom. The summed E-state index contributed by atoms with van der Waals surface area (Å²) in [7, 11) is 1.65. The molecule has 9 heteroatoms. The molecule has 1 atom stereocenters. The number of likely N-dealkylation sites (tertiary alicyclic amines) is 1. The number of piperidine rings is 2. The highest BCUT2D eigenvalue weighted by Crippen LogP contribution is 2.35. The first-order valence-electron chi connectivity index (χ1n) is 13.1. The maximum absolute atomic E-state index is 12.8. The van der Waals surface area contributed by atoms with E-state index in [4.69, 9.17) is 9.26 Å². The van der Waals surface area contributed by atoms with E-state index in [1.54, 1.807) is 7.11 Å². The van der Waals surface area contributed by atoms with Crippen molar-refractivity contribution >= 4 is 22.8 Å². The van der Waals surface area contributed by atoms with E-state index in [9.17, 15) is 4.79 Å². The van der Waals surface area contributed by atoms with Gasteiger partial charge in [-0.05, 0) is 75.4 Å². The molecule has 0 radical (unpaired) electrons. The van der Waals surface area contributed by atoms with Gasteiger partial charge in [-0.25, -0.2) is 4.98 Å². The lowest BCUT2D eigenvalue weighted by Crippen LogP contribution is -2.42. The maximum Gasteiger partial charge on any atom is 0.263 e. The molecule has 0 unspecified atom stereocenters. The Morgan fingerprint density at radius 1 is 1.14 bits per heavy atom. The van der Waals surface area contributed by atoms with E-state index in [1.807, 2.05) is 24.3 Å². The third kappa shape index (κ3) is 5.46. The highest BCUT2D eigenvalue weighted by molar-refractivity contribution is 5.98. The van der Waals surface area contributed by atoms with Crippen LogP contribution in [0.3, 0.4) is 0 Å². The number of carbonyl (C=O) groups excluding carboxylic acids is 1. The summed E-state index contributed by atoms with van der Waals surface area (Å²) in [4.78, 5) is 26.4. The van der Waals surface area contributed by atoms with Crippen molar-refractivity contribution in [3.8, 4) is 17.0 Å². The summed E-state index contributed by atoms with van der Waals surface area (Å²) >= 11 is 0. The molecule has 0 aliphatic carbocycles. The molecule has 2 aromatic heterocycles. The summed E-state index contributed by atoms with van der Waals surface area (Å²) in [5, 5.41) is 8.27. The van der Waals surface area contributed by atoms with Crippen LogP contribution in [0, 0.1) is 11.8 Å². The Hall–Kier alpha value is -3.20. The summed E-state index contributed by atoms with van der Waals surface area (Å²) in [5.41, 5.74) is 2.10. The SMILES string of the molecule is COc1ccc(-c2noc3ncnc(N4CCC(C(=O)NCCCN5CCC[C@@H](C)C5)CC4)c23)cc1. The van der Waals surface area contributed by atoms with Crippen molar-refractivity contribution in [3.63, 3.8) is 0 Å². The topological polar surface area (TPSA) is 96.6 Å². The van der Waals surface area contributed by atoms with E-state index in [0.717, 1.165) is 73.9 Å². The highest BCUT2D eigenvalue weighted by Gasteiger charge is 2.28. The first-order chi connectivity index (χ1) is 17.6. The van der Waals surface area contributed by atoms with Crippen molar-refractivity contribution in [1.29, 1.82) is 0 Å². The largest absolute Gasteiger partial charge is 0.497 e. The average molecular weight is 493 g/mol. The third-order valence-corrected chi connectivity index (χ3v) is 7.47. The van der Waals surface area contributed by atoms with Crippen LogP contribution in [0.15, 0.2) is 35.1 Å². The lowest BCUT2D eigenvalue weighted by Gasteiger charge is -2.32. The van der Waals surface area contributed by atoms with Gasteiger partial charge < -0.3 is 24.4 Å². The molecule has 4 heterocycles. The van der Waals surface area contributed by atoms with Crippen molar-refractivity contribution in [1.82, 2.24) is 25.3 Å². The molecule has 0 bridgehead atoms. The molecule has 9 nitrogen and oxygen atoms in total. The second kappa shape index (κ2) is 11.2. The number of aromatic nitrogens is 3. The van der Waals surface area contributed by atoms with Crippen LogP contribution >= 0.6 is 0 Å². The number of benzene rings is 1. The zero-order chi connectivity index (χ0) is 24.9. The monoisotopic (exact) mass is 492 g/mol. The molecule has 1 aromatic carbocycles. The van der Waals surface area contributed by atoms with Gasteiger partial charge in [-0.15, -0.1) is 0 Å². The Morgan fingerprint density at radius 3 is 2.69 bits per heavy atom. The van der Waals surface area contributed by atoms with E-state index in [-0.39, 0.29) is 11.8 Å².